The molecule has 0 aromatic carbocycles. The number of carbonyl (C=O) groups excluding carboxylic acids is 1. The number of hydrogen-bond acceptors (Lipinski definition) is 4. The Kier molecular flexibility index (Phi) is 5.15. The van der Waals surface area contributed by atoms with Gasteiger partial charge in [0.15, 0.2) is 0 Å². The van der Waals surface area contributed by atoms with E-state index in [0.717, 1.165) is 10.4 Å². The summed E-state index contributed by atoms with van der Waals surface area (Å²) in [6.07, 6.45) is 0.366. The van der Waals surface area contributed by atoms with Crippen molar-refractivity contribution in [2.75, 3.05) is 6.54 Å². The molecule has 6 heteroatoms. The zero-order chi connectivity index (χ0) is 13.7. The normalized spacial score (nSPS) is 11.9. The van der Waals surface area contributed by atoms with Crippen molar-refractivity contribution in [2.24, 2.45) is 10.9 Å². The smallest absolute Gasteiger partial charge is 0.264 e. The molecule has 100 valence electrons. The van der Waals surface area contributed by atoms with E-state index in [0.29, 0.717) is 13.0 Å². The maximum Gasteiger partial charge on any atom is 0.264 e. The summed E-state index contributed by atoms with van der Waals surface area (Å²) in [4.78, 5) is 14.8. The highest BCUT2D eigenvalue weighted by Crippen LogP contribution is 2.19. The lowest BCUT2D eigenvalue weighted by Crippen LogP contribution is -2.39. The number of carbonyl (C=O) groups is 1. The molecule has 0 aliphatic heterocycles. The molecule has 1 rings (SSSR count). The lowest BCUT2D eigenvalue weighted by molar-refractivity contribution is 0.0715. The molecule has 0 unspecified atom stereocenters. The Bertz CT molecular complexity index is 440. The number of aryl methyl sites for hydroxylation is 1. The molecule has 3 N–H and O–H groups in total. The fourth-order valence-corrected chi connectivity index (χ4v) is 2.48. The predicted molar refractivity (Wildman–Crippen MR) is 73.3 cm³/mol. The maximum absolute atomic E-state index is 12.4. The largest absolute Gasteiger partial charge is 0.409 e. The number of amidine groups is 1. The third kappa shape index (κ3) is 3.46. The van der Waals surface area contributed by atoms with Crippen LogP contribution in [0.4, 0.5) is 0 Å². The quantitative estimate of drug-likeness (QED) is 0.371. The average Bonchev–Trinajstić information content (AvgIpc) is 2.74. The van der Waals surface area contributed by atoms with Crippen LogP contribution in [0, 0.1) is 6.92 Å². The molecule has 0 saturated heterocycles. The summed E-state index contributed by atoms with van der Waals surface area (Å²) >= 11 is 1.44. The lowest BCUT2D eigenvalue weighted by atomic mass is 10.2. The van der Waals surface area contributed by atoms with E-state index in [1.807, 2.05) is 32.2 Å². The molecule has 1 aromatic heterocycles. The average molecular weight is 269 g/mol. The van der Waals surface area contributed by atoms with E-state index in [1.165, 1.54) is 11.3 Å². The number of hydrogen-bond donors (Lipinski definition) is 2. The fraction of sp³-hybridized carbons (Fsp3) is 0.500. The Morgan fingerprint density at radius 1 is 1.61 bits per heavy atom. The highest BCUT2D eigenvalue weighted by atomic mass is 32.1. The molecule has 0 spiro atoms. The molecule has 0 atom stereocenters. The third-order valence-electron chi connectivity index (χ3n) is 2.68. The predicted octanol–water partition coefficient (Wildman–Crippen LogP) is 2.04. The van der Waals surface area contributed by atoms with Crippen LogP contribution in [-0.2, 0) is 0 Å². The van der Waals surface area contributed by atoms with E-state index >= 15 is 0 Å². The van der Waals surface area contributed by atoms with Gasteiger partial charge in [-0.3, -0.25) is 4.79 Å². The van der Waals surface area contributed by atoms with Crippen LogP contribution < -0.4 is 5.73 Å². The topological polar surface area (TPSA) is 78.9 Å². The molecule has 0 bridgehead atoms. The van der Waals surface area contributed by atoms with Gasteiger partial charge in [-0.25, -0.2) is 0 Å². The van der Waals surface area contributed by atoms with E-state index in [4.69, 9.17) is 10.9 Å². The standard InChI is InChI=1S/C12H19N3O2S/c1-8(2)15(6-4-10(13)14-17)12(16)11-9(3)5-7-18-11/h5,7-8,17H,4,6H2,1-3H3,(H2,13,14). The molecule has 1 aromatic rings. The van der Waals surface area contributed by atoms with E-state index < -0.39 is 0 Å². The van der Waals surface area contributed by atoms with Gasteiger partial charge < -0.3 is 15.8 Å². The Labute approximate surface area is 111 Å². The molecule has 0 aliphatic rings. The summed E-state index contributed by atoms with van der Waals surface area (Å²) in [5.41, 5.74) is 6.42. The minimum absolute atomic E-state index is 0.00300. The number of oxime groups is 1. The van der Waals surface area contributed by atoms with Crippen LogP contribution in [0.3, 0.4) is 0 Å². The van der Waals surface area contributed by atoms with Crippen molar-refractivity contribution in [1.82, 2.24) is 4.90 Å². The van der Waals surface area contributed by atoms with Gasteiger partial charge in [0.1, 0.15) is 5.84 Å². The molecule has 18 heavy (non-hydrogen) atoms. The van der Waals surface area contributed by atoms with Crippen LogP contribution in [0.1, 0.15) is 35.5 Å². The summed E-state index contributed by atoms with van der Waals surface area (Å²) in [6, 6.07) is 2.01. The maximum atomic E-state index is 12.4. The summed E-state index contributed by atoms with van der Waals surface area (Å²) in [7, 11) is 0. The van der Waals surface area contributed by atoms with Gasteiger partial charge >= 0.3 is 0 Å². The van der Waals surface area contributed by atoms with Gasteiger partial charge in [-0.15, -0.1) is 11.3 Å². The zero-order valence-electron chi connectivity index (χ0n) is 10.9. The first-order valence-corrected chi connectivity index (χ1v) is 6.66. The van der Waals surface area contributed by atoms with Gasteiger partial charge in [0.25, 0.3) is 5.91 Å². The molecule has 5 nitrogen and oxygen atoms in total. The van der Waals surface area contributed by atoms with E-state index in [2.05, 4.69) is 5.16 Å². The Morgan fingerprint density at radius 2 is 2.28 bits per heavy atom. The highest BCUT2D eigenvalue weighted by Gasteiger charge is 2.21. The van der Waals surface area contributed by atoms with Gasteiger partial charge in [0.05, 0.1) is 4.88 Å². The summed E-state index contributed by atoms with van der Waals surface area (Å²) < 4.78 is 0. The van der Waals surface area contributed by atoms with Crippen molar-refractivity contribution in [1.29, 1.82) is 0 Å². The molecular weight excluding hydrogens is 250 g/mol. The second-order valence-electron chi connectivity index (χ2n) is 4.37. The number of amides is 1. The van der Waals surface area contributed by atoms with Crippen molar-refractivity contribution >= 4 is 23.1 Å². The summed E-state index contributed by atoms with van der Waals surface area (Å²) in [5.74, 6) is 0.139. The molecular formula is C12H19N3O2S. The molecule has 0 aliphatic carbocycles. The van der Waals surface area contributed by atoms with Gasteiger partial charge in [-0.1, -0.05) is 5.16 Å². The number of thiophene rings is 1. The lowest BCUT2D eigenvalue weighted by Gasteiger charge is -2.26. The summed E-state index contributed by atoms with van der Waals surface area (Å²) in [5, 5.41) is 13.3. The second kappa shape index (κ2) is 6.39. The number of rotatable bonds is 5. The minimum Gasteiger partial charge on any atom is -0.409 e. The van der Waals surface area contributed by atoms with E-state index in [1.54, 1.807) is 4.90 Å². The molecule has 0 radical (unpaired) electrons. The van der Waals surface area contributed by atoms with Crippen molar-refractivity contribution in [3.63, 3.8) is 0 Å². The molecule has 1 amide bonds. The minimum atomic E-state index is 0.00300. The van der Waals surface area contributed by atoms with Crippen LogP contribution in [0.5, 0.6) is 0 Å². The fourth-order valence-electron chi connectivity index (χ4n) is 1.60. The van der Waals surface area contributed by atoms with Crippen LogP contribution in [0.2, 0.25) is 0 Å². The first kappa shape index (κ1) is 14.5. The Balaban J connectivity index is 2.80. The van der Waals surface area contributed by atoms with Crippen LogP contribution in [-0.4, -0.2) is 34.4 Å². The van der Waals surface area contributed by atoms with Gasteiger partial charge in [0.2, 0.25) is 0 Å². The first-order valence-electron chi connectivity index (χ1n) is 5.78. The van der Waals surface area contributed by atoms with Crippen LogP contribution >= 0.6 is 11.3 Å². The van der Waals surface area contributed by atoms with Crippen LogP contribution in [0.15, 0.2) is 16.6 Å². The molecule has 0 fully saturated rings. The van der Waals surface area contributed by atoms with Gasteiger partial charge in [-0.05, 0) is 37.8 Å². The van der Waals surface area contributed by atoms with E-state index in [-0.39, 0.29) is 17.8 Å². The van der Waals surface area contributed by atoms with Crippen molar-refractivity contribution in [3.05, 3.63) is 21.9 Å². The molecule has 1 heterocycles. The monoisotopic (exact) mass is 269 g/mol. The number of nitrogens with zero attached hydrogens (tertiary/aromatic N) is 2. The van der Waals surface area contributed by atoms with Crippen molar-refractivity contribution < 1.29 is 10.0 Å². The van der Waals surface area contributed by atoms with Crippen molar-refractivity contribution in [2.45, 2.75) is 33.2 Å². The summed E-state index contributed by atoms with van der Waals surface area (Å²) in [6.45, 7) is 6.27. The number of nitrogens with two attached hydrogens (primary N) is 1. The Morgan fingerprint density at radius 3 is 2.72 bits per heavy atom. The van der Waals surface area contributed by atoms with E-state index in [9.17, 15) is 4.79 Å². The SMILES string of the molecule is Cc1ccsc1C(=O)N(CC/C(N)=N/O)C(C)C. The Hall–Kier alpha value is -1.56. The molecule has 0 saturated carbocycles. The van der Waals surface area contributed by atoms with Gasteiger partial charge in [0, 0.05) is 19.0 Å². The van der Waals surface area contributed by atoms with Crippen molar-refractivity contribution in [3.8, 4) is 0 Å². The second-order valence-corrected chi connectivity index (χ2v) is 5.28. The van der Waals surface area contributed by atoms with Gasteiger partial charge in [-0.2, -0.15) is 0 Å². The van der Waals surface area contributed by atoms with Crippen LogP contribution in [0.25, 0.3) is 0 Å². The first-order chi connectivity index (χ1) is 8.47. The zero-order valence-corrected chi connectivity index (χ0v) is 11.7. The third-order valence-corrected chi connectivity index (χ3v) is 3.68. The highest BCUT2D eigenvalue weighted by molar-refractivity contribution is 7.12.